The minimum absolute atomic E-state index is 0.126. The molecule has 5 nitrogen and oxygen atoms in total. The molecule has 2 aromatic heterocycles. The predicted octanol–water partition coefficient (Wildman–Crippen LogP) is 4.53. The van der Waals surface area contributed by atoms with Gasteiger partial charge in [0.1, 0.15) is 5.82 Å². The van der Waals surface area contributed by atoms with Gasteiger partial charge in [-0.15, -0.1) is 0 Å². The first-order valence-electron chi connectivity index (χ1n) is 9.96. The minimum atomic E-state index is -0.126. The zero-order valence-corrected chi connectivity index (χ0v) is 16.9. The van der Waals surface area contributed by atoms with Crippen LogP contribution in [0.3, 0.4) is 0 Å². The van der Waals surface area contributed by atoms with Gasteiger partial charge in [-0.05, 0) is 61.6 Å². The van der Waals surface area contributed by atoms with Gasteiger partial charge in [-0.1, -0.05) is 35.9 Å². The number of rotatable bonds is 3. The van der Waals surface area contributed by atoms with Crippen molar-refractivity contribution in [3.8, 4) is 5.69 Å². The first-order chi connectivity index (χ1) is 14.2. The highest BCUT2D eigenvalue weighted by Crippen LogP contribution is 2.33. The van der Waals surface area contributed by atoms with Crippen LogP contribution in [0, 0.1) is 0 Å². The molecule has 2 aromatic carbocycles. The van der Waals surface area contributed by atoms with Crippen LogP contribution < -0.4 is 5.56 Å². The van der Waals surface area contributed by atoms with Gasteiger partial charge in [0.05, 0.1) is 12.0 Å². The highest BCUT2D eigenvalue weighted by atomic mass is 35.5. The molecule has 1 aliphatic carbocycles. The van der Waals surface area contributed by atoms with Crippen molar-refractivity contribution in [1.82, 2.24) is 19.1 Å². The van der Waals surface area contributed by atoms with E-state index in [1.54, 1.807) is 23.0 Å². The van der Waals surface area contributed by atoms with Crippen molar-refractivity contribution < 1.29 is 0 Å². The molecule has 0 saturated carbocycles. The Hall–Kier alpha value is -2.92. The number of fused-ring (bicyclic) bond motifs is 2. The van der Waals surface area contributed by atoms with Crippen LogP contribution >= 0.6 is 11.6 Å². The van der Waals surface area contributed by atoms with Crippen molar-refractivity contribution in [2.75, 3.05) is 0 Å². The average Bonchev–Trinajstić information content (AvgIpc) is 3.17. The maximum Gasteiger partial charge on any atom is 0.286 e. The quantitative estimate of drug-likeness (QED) is 0.504. The van der Waals surface area contributed by atoms with Crippen molar-refractivity contribution in [2.24, 2.45) is 0 Å². The van der Waals surface area contributed by atoms with Crippen molar-refractivity contribution in [1.29, 1.82) is 0 Å². The lowest BCUT2D eigenvalue weighted by atomic mass is 9.83. The lowest BCUT2D eigenvalue weighted by Gasteiger charge is -2.26. The molecule has 2 heterocycles. The van der Waals surface area contributed by atoms with E-state index in [0.717, 1.165) is 37.3 Å². The Morgan fingerprint density at radius 1 is 1.10 bits per heavy atom. The van der Waals surface area contributed by atoms with Crippen LogP contribution in [0.4, 0.5) is 0 Å². The fourth-order valence-corrected chi connectivity index (χ4v) is 4.40. The molecule has 0 N–H and O–H groups in total. The van der Waals surface area contributed by atoms with Crippen LogP contribution in [0.2, 0.25) is 5.02 Å². The molecule has 0 radical (unpaired) electrons. The number of imidazole rings is 1. The molecule has 146 valence electrons. The van der Waals surface area contributed by atoms with Crippen LogP contribution in [0.5, 0.6) is 0 Å². The highest BCUT2D eigenvalue weighted by Gasteiger charge is 2.26. The fraction of sp³-hybridized carbons (Fsp3) is 0.261. The first kappa shape index (κ1) is 18.1. The van der Waals surface area contributed by atoms with Gasteiger partial charge in [0.15, 0.2) is 11.2 Å². The fourth-order valence-electron chi connectivity index (χ4n) is 4.28. The summed E-state index contributed by atoms with van der Waals surface area (Å²) in [6.07, 6.45) is 4.53. The number of benzene rings is 2. The Kier molecular flexibility index (Phi) is 4.47. The van der Waals surface area contributed by atoms with Crippen molar-refractivity contribution in [3.63, 3.8) is 0 Å². The lowest BCUT2D eigenvalue weighted by Crippen LogP contribution is -2.28. The van der Waals surface area contributed by atoms with Crippen LogP contribution in [0.1, 0.15) is 36.2 Å². The second kappa shape index (κ2) is 7.16. The summed E-state index contributed by atoms with van der Waals surface area (Å²) >= 11 is 6.08. The molecule has 1 unspecified atom stereocenters. The van der Waals surface area contributed by atoms with Crippen molar-refractivity contribution >= 4 is 22.8 Å². The van der Waals surface area contributed by atoms with E-state index in [2.05, 4.69) is 29.2 Å². The third-order valence-corrected chi connectivity index (χ3v) is 6.05. The monoisotopic (exact) mass is 404 g/mol. The summed E-state index contributed by atoms with van der Waals surface area (Å²) < 4.78 is 3.66. The number of hydrogen-bond acceptors (Lipinski definition) is 3. The molecule has 5 rings (SSSR count). The summed E-state index contributed by atoms with van der Waals surface area (Å²) in [5, 5.41) is 0.638. The van der Waals surface area contributed by atoms with E-state index < -0.39 is 0 Å². The topological polar surface area (TPSA) is 52.7 Å². The van der Waals surface area contributed by atoms with Gasteiger partial charge in [0.25, 0.3) is 5.56 Å². The van der Waals surface area contributed by atoms with E-state index in [4.69, 9.17) is 16.6 Å². The summed E-state index contributed by atoms with van der Waals surface area (Å²) in [4.78, 5) is 22.8. The maximum atomic E-state index is 13.5. The minimum Gasteiger partial charge on any atom is -0.315 e. The average molecular weight is 405 g/mol. The van der Waals surface area contributed by atoms with E-state index >= 15 is 0 Å². The number of hydrogen-bond donors (Lipinski definition) is 0. The molecule has 0 bridgehead atoms. The van der Waals surface area contributed by atoms with Gasteiger partial charge in [-0.2, -0.15) is 0 Å². The van der Waals surface area contributed by atoms with Gasteiger partial charge in [0, 0.05) is 17.5 Å². The van der Waals surface area contributed by atoms with Crippen molar-refractivity contribution in [3.05, 3.63) is 87.2 Å². The van der Waals surface area contributed by atoms with E-state index in [1.807, 2.05) is 23.6 Å². The van der Waals surface area contributed by atoms with Gasteiger partial charge < -0.3 is 4.57 Å². The second-order valence-electron chi connectivity index (χ2n) is 7.50. The number of nitrogens with zero attached hydrogens (tertiary/aromatic N) is 4. The molecule has 0 amide bonds. The van der Waals surface area contributed by atoms with Crippen molar-refractivity contribution in [2.45, 2.75) is 38.6 Å². The van der Waals surface area contributed by atoms with Crippen LogP contribution in [-0.4, -0.2) is 19.1 Å². The molecule has 29 heavy (non-hydrogen) atoms. The third-order valence-electron chi connectivity index (χ3n) is 5.80. The first-order valence-corrected chi connectivity index (χ1v) is 10.3. The third kappa shape index (κ3) is 3.06. The molecular formula is C23H21ClN4O. The van der Waals surface area contributed by atoms with Gasteiger partial charge >= 0.3 is 0 Å². The Bertz CT molecular complexity index is 1260. The maximum absolute atomic E-state index is 13.5. The highest BCUT2D eigenvalue weighted by molar-refractivity contribution is 6.30. The Labute approximate surface area is 173 Å². The summed E-state index contributed by atoms with van der Waals surface area (Å²) in [5.74, 6) is 0.965. The SMILES string of the molecule is CCn1cnc2c(=O)n(-c3ccc(Cl)cc3)c(C3CCc4ccccc4C3)nc21. The molecule has 0 aliphatic heterocycles. The molecule has 0 saturated heterocycles. The van der Waals surface area contributed by atoms with E-state index in [1.165, 1.54) is 11.1 Å². The molecule has 6 heteroatoms. The summed E-state index contributed by atoms with van der Waals surface area (Å²) in [6.45, 7) is 2.75. The van der Waals surface area contributed by atoms with E-state index in [-0.39, 0.29) is 11.5 Å². The van der Waals surface area contributed by atoms with Crippen LogP contribution in [0.25, 0.3) is 16.9 Å². The van der Waals surface area contributed by atoms with Gasteiger partial charge in [-0.3, -0.25) is 9.36 Å². The summed E-state index contributed by atoms with van der Waals surface area (Å²) in [6, 6.07) is 15.9. The largest absolute Gasteiger partial charge is 0.315 e. The Morgan fingerprint density at radius 2 is 1.86 bits per heavy atom. The number of aromatic nitrogens is 4. The lowest BCUT2D eigenvalue weighted by molar-refractivity contribution is 0.539. The number of halogens is 1. The number of aryl methyl sites for hydroxylation is 2. The Balaban J connectivity index is 1.73. The second-order valence-corrected chi connectivity index (χ2v) is 7.93. The summed E-state index contributed by atoms with van der Waals surface area (Å²) in [7, 11) is 0. The molecule has 0 spiro atoms. The molecule has 4 aromatic rings. The summed E-state index contributed by atoms with van der Waals surface area (Å²) in [5.41, 5.74) is 4.44. The standard InChI is InChI=1S/C23H21ClN4O/c1-2-27-14-25-20-22(27)26-21(17-8-7-15-5-3-4-6-16(15)13-17)28(23(20)29)19-11-9-18(24)10-12-19/h3-6,9-12,14,17H,2,7-8,13H2,1H3. The van der Waals surface area contributed by atoms with Gasteiger partial charge in [-0.25, -0.2) is 9.97 Å². The molecule has 1 aliphatic rings. The van der Waals surface area contributed by atoms with Crippen LogP contribution in [0.15, 0.2) is 59.7 Å². The van der Waals surface area contributed by atoms with Crippen LogP contribution in [-0.2, 0) is 19.4 Å². The molecule has 0 fully saturated rings. The normalized spacial score (nSPS) is 16.1. The smallest absolute Gasteiger partial charge is 0.286 e. The Morgan fingerprint density at radius 3 is 2.62 bits per heavy atom. The van der Waals surface area contributed by atoms with E-state index in [9.17, 15) is 4.79 Å². The zero-order chi connectivity index (χ0) is 20.0. The van der Waals surface area contributed by atoms with Gasteiger partial charge in [0.2, 0.25) is 0 Å². The zero-order valence-electron chi connectivity index (χ0n) is 16.2. The molecular weight excluding hydrogens is 384 g/mol. The predicted molar refractivity (Wildman–Crippen MR) is 115 cm³/mol. The molecule has 1 atom stereocenters. The van der Waals surface area contributed by atoms with E-state index in [0.29, 0.717) is 16.2 Å².